The molecule has 0 saturated carbocycles. The Labute approximate surface area is 189 Å². The van der Waals surface area contributed by atoms with Crippen LogP contribution in [0, 0.1) is 0 Å². The monoisotopic (exact) mass is 468 g/mol. The van der Waals surface area contributed by atoms with Gasteiger partial charge in [-0.25, -0.2) is 15.0 Å². The lowest BCUT2D eigenvalue weighted by Crippen LogP contribution is -2.09. The normalized spacial score (nSPS) is 11.6. The van der Waals surface area contributed by atoms with E-state index in [0.29, 0.717) is 28.5 Å². The van der Waals surface area contributed by atoms with E-state index in [9.17, 15) is 13.2 Å². The average Bonchev–Trinajstić information content (AvgIpc) is 3.48. The third-order valence-corrected chi connectivity index (χ3v) is 5.35. The molecule has 0 spiro atoms. The Hall–Kier alpha value is -4.06. The lowest BCUT2D eigenvalue weighted by molar-refractivity contribution is -0.137. The second-order valence-electron chi connectivity index (χ2n) is 6.91. The third kappa shape index (κ3) is 4.46. The average molecular weight is 468 g/mol. The highest BCUT2D eigenvalue weighted by atomic mass is 32.1. The summed E-state index contributed by atoms with van der Waals surface area (Å²) < 4.78 is 41.0. The van der Waals surface area contributed by atoms with Gasteiger partial charge in [-0.15, -0.1) is 0 Å². The molecule has 1 aromatic carbocycles. The van der Waals surface area contributed by atoms with Crippen LogP contribution in [0.5, 0.6) is 0 Å². The molecule has 12 heteroatoms. The van der Waals surface area contributed by atoms with Crippen molar-refractivity contribution in [1.29, 1.82) is 0 Å². The number of thiophene rings is 1. The van der Waals surface area contributed by atoms with Gasteiger partial charge < -0.3 is 5.32 Å². The minimum Gasteiger partial charge on any atom is -0.364 e. The summed E-state index contributed by atoms with van der Waals surface area (Å²) in [6.07, 6.45) is 0.372. The van der Waals surface area contributed by atoms with Gasteiger partial charge in [0.2, 0.25) is 11.9 Å². The second kappa shape index (κ2) is 8.47. The molecule has 0 saturated heterocycles. The van der Waals surface area contributed by atoms with E-state index < -0.39 is 11.7 Å². The minimum absolute atomic E-state index is 0.114. The van der Waals surface area contributed by atoms with Gasteiger partial charge in [0, 0.05) is 24.3 Å². The summed E-state index contributed by atoms with van der Waals surface area (Å²) in [5.74, 6) is 0.893. The Balaban J connectivity index is 1.51. The molecule has 5 aromatic rings. The van der Waals surface area contributed by atoms with Crippen LogP contribution in [0.3, 0.4) is 0 Å². The van der Waals surface area contributed by atoms with Gasteiger partial charge in [0.25, 0.3) is 0 Å². The van der Waals surface area contributed by atoms with Crippen molar-refractivity contribution in [2.24, 2.45) is 0 Å². The summed E-state index contributed by atoms with van der Waals surface area (Å²) in [5, 5.41) is 9.94. The molecule has 0 fully saturated rings. The first-order valence-electron chi connectivity index (χ1n) is 9.69. The zero-order valence-corrected chi connectivity index (χ0v) is 17.6. The van der Waals surface area contributed by atoms with E-state index in [-0.39, 0.29) is 12.5 Å². The van der Waals surface area contributed by atoms with Gasteiger partial charge in [0.05, 0.1) is 11.3 Å². The molecule has 2 N–H and O–H groups in total. The largest absolute Gasteiger partial charge is 0.416 e. The zero-order valence-electron chi connectivity index (χ0n) is 16.8. The Kier molecular flexibility index (Phi) is 5.34. The Morgan fingerprint density at radius 3 is 2.58 bits per heavy atom. The van der Waals surface area contributed by atoms with Crippen LogP contribution >= 0.6 is 11.3 Å². The standard InChI is InChI=1S/C21H15F3N8S/c22-21(23,24)14-4-1-3-13(9-14)10-27-17-16-18(32(12-28-16)15-5-8-33-11-15)30-20(29-17)31-19-25-6-2-7-26-19/h1-9,11-12H,10H2,(H2,25,26,27,29,30,31). The number of nitrogens with one attached hydrogen (secondary N) is 2. The van der Waals surface area contributed by atoms with Gasteiger partial charge in [-0.05, 0) is 35.2 Å². The van der Waals surface area contributed by atoms with E-state index in [1.807, 2.05) is 16.8 Å². The lowest BCUT2D eigenvalue weighted by atomic mass is 10.1. The Morgan fingerprint density at radius 1 is 0.970 bits per heavy atom. The highest BCUT2D eigenvalue weighted by Gasteiger charge is 2.30. The fourth-order valence-corrected chi connectivity index (χ4v) is 3.80. The lowest BCUT2D eigenvalue weighted by Gasteiger charge is -2.11. The van der Waals surface area contributed by atoms with Crippen molar-refractivity contribution in [3.05, 3.63) is 77.0 Å². The predicted octanol–water partition coefficient (Wildman–Crippen LogP) is 5.04. The topological polar surface area (TPSA) is 93.4 Å². The van der Waals surface area contributed by atoms with E-state index in [1.54, 1.807) is 35.4 Å². The maximum absolute atomic E-state index is 13.1. The van der Waals surface area contributed by atoms with Crippen molar-refractivity contribution in [3.63, 3.8) is 0 Å². The van der Waals surface area contributed by atoms with Crippen LogP contribution in [0.2, 0.25) is 0 Å². The summed E-state index contributed by atoms with van der Waals surface area (Å²) in [5.41, 5.74) is 1.63. The third-order valence-electron chi connectivity index (χ3n) is 4.68. The number of fused-ring (bicyclic) bond motifs is 1. The van der Waals surface area contributed by atoms with E-state index in [4.69, 9.17) is 0 Å². The summed E-state index contributed by atoms with van der Waals surface area (Å²) in [6.45, 7) is 0.114. The number of benzene rings is 1. The number of anilines is 3. The van der Waals surface area contributed by atoms with Crippen molar-refractivity contribution >= 4 is 40.2 Å². The maximum atomic E-state index is 13.1. The number of hydrogen-bond acceptors (Lipinski definition) is 8. The number of nitrogens with zero attached hydrogens (tertiary/aromatic N) is 6. The molecule has 8 nitrogen and oxygen atoms in total. The maximum Gasteiger partial charge on any atom is 0.416 e. The molecule has 33 heavy (non-hydrogen) atoms. The summed E-state index contributed by atoms with van der Waals surface area (Å²) in [6, 6.07) is 8.74. The Morgan fingerprint density at radius 2 is 1.82 bits per heavy atom. The molecule has 5 rings (SSSR count). The van der Waals surface area contributed by atoms with Crippen LogP contribution in [-0.2, 0) is 12.7 Å². The van der Waals surface area contributed by atoms with E-state index in [1.165, 1.54) is 17.4 Å². The van der Waals surface area contributed by atoms with Gasteiger partial charge in [0.1, 0.15) is 6.33 Å². The molecule has 0 bridgehead atoms. The fourth-order valence-electron chi connectivity index (χ4n) is 3.17. The highest BCUT2D eigenvalue weighted by molar-refractivity contribution is 7.08. The van der Waals surface area contributed by atoms with Crippen molar-refractivity contribution in [3.8, 4) is 5.69 Å². The number of halogens is 3. The Bertz CT molecular complexity index is 1380. The minimum atomic E-state index is -4.41. The number of aromatic nitrogens is 6. The van der Waals surface area contributed by atoms with Gasteiger partial charge in [-0.2, -0.15) is 34.5 Å². The summed E-state index contributed by atoms with van der Waals surface area (Å²) in [7, 11) is 0. The summed E-state index contributed by atoms with van der Waals surface area (Å²) in [4.78, 5) is 21.7. The van der Waals surface area contributed by atoms with Crippen LogP contribution in [0.15, 0.2) is 65.9 Å². The number of alkyl halides is 3. The van der Waals surface area contributed by atoms with Crippen molar-refractivity contribution in [2.45, 2.75) is 12.7 Å². The molecule has 4 heterocycles. The molecule has 166 valence electrons. The van der Waals surface area contributed by atoms with Crippen LogP contribution in [-0.4, -0.2) is 29.5 Å². The van der Waals surface area contributed by atoms with Gasteiger partial charge >= 0.3 is 6.18 Å². The van der Waals surface area contributed by atoms with E-state index in [2.05, 4.69) is 35.6 Å². The quantitative estimate of drug-likeness (QED) is 0.361. The highest BCUT2D eigenvalue weighted by Crippen LogP contribution is 2.30. The first-order chi connectivity index (χ1) is 16.0. The number of rotatable bonds is 6. The first-order valence-corrected chi connectivity index (χ1v) is 10.6. The van der Waals surface area contributed by atoms with Crippen LogP contribution in [0.1, 0.15) is 11.1 Å². The molecular formula is C21H15F3N8S. The van der Waals surface area contributed by atoms with E-state index in [0.717, 1.165) is 17.8 Å². The van der Waals surface area contributed by atoms with Gasteiger partial charge in [-0.1, -0.05) is 12.1 Å². The van der Waals surface area contributed by atoms with Crippen molar-refractivity contribution in [1.82, 2.24) is 29.5 Å². The zero-order chi connectivity index (χ0) is 22.8. The van der Waals surface area contributed by atoms with E-state index >= 15 is 0 Å². The van der Waals surface area contributed by atoms with Gasteiger partial charge in [0.15, 0.2) is 17.0 Å². The number of imidazole rings is 1. The van der Waals surface area contributed by atoms with Gasteiger partial charge in [-0.3, -0.25) is 9.88 Å². The molecule has 0 aliphatic heterocycles. The molecule has 0 aliphatic carbocycles. The molecule has 0 amide bonds. The summed E-state index contributed by atoms with van der Waals surface area (Å²) >= 11 is 1.53. The molecule has 0 radical (unpaired) electrons. The molecular weight excluding hydrogens is 453 g/mol. The van der Waals surface area contributed by atoms with Crippen molar-refractivity contribution < 1.29 is 13.2 Å². The molecule has 0 unspecified atom stereocenters. The van der Waals surface area contributed by atoms with Crippen LogP contribution < -0.4 is 10.6 Å². The van der Waals surface area contributed by atoms with Crippen LogP contribution in [0.4, 0.5) is 30.9 Å². The predicted molar refractivity (Wildman–Crippen MR) is 119 cm³/mol. The molecule has 4 aromatic heterocycles. The van der Waals surface area contributed by atoms with Crippen molar-refractivity contribution in [2.75, 3.05) is 10.6 Å². The smallest absolute Gasteiger partial charge is 0.364 e. The molecule has 0 atom stereocenters. The SMILES string of the molecule is FC(F)(F)c1cccc(CNc2nc(Nc3ncccn3)nc3c2ncn3-c2ccsc2)c1. The first kappa shape index (κ1) is 20.8. The molecule has 0 aliphatic rings. The van der Waals surface area contributed by atoms with Crippen LogP contribution in [0.25, 0.3) is 16.9 Å². The second-order valence-corrected chi connectivity index (χ2v) is 7.69. The fraction of sp³-hybridized carbons (Fsp3) is 0.0952. The number of hydrogen-bond donors (Lipinski definition) is 2.